The first-order valence-corrected chi connectivity index (χ1v) is 19.7. The van der Waals surface area contributed by atoms with Crippen molar-refractivity contribution < 1.29 is 28.4 Å². The summed E-state index contributed by atoms with van der Waals surface area (Å²) in [4.78, 5) is 26.8. The molecule has 3 aromatic heterocycles. The predicted octanol–water partition coefficient (Wildman–Crippen LogP) is 8.30. The topological polar surface area (TPSA) is 156 Å². The quantitative estimate of drug-likeness (QED) is 0.0801. The zero-order valence-corrected chi connectivity index (χ0v) is 37.2. The summed E-state index contributed by atoms with van der Waals surface area (Å²) in [5, 5.41) is 12.1. The second-order valence-corrected chi connectivity index (χ2v) is 14.7. The van der Waals surface area contributed by atoms with Gasteiger partial charge in [-0.15, -0.1) is 0 Å². The second kappa shape index (κ2) is 24.2. The van der Waals surface area contributed by atoms with Crippen molar-refractivity contribution in [2.24, 2.45) is 0 Å². The molecule has 11 nitrogen and oxygen atoms in total. The molecule has 3 heterocycles. The van der Waals surface area contributed by atoms with Crippen LogP contribution in [0.25, 0.3) is 0 Å². The molecular formula is C45H54Br2FN11. The lowest BCUT2D eigenvalue weighted by molar-refractivity contribution is -0.482. The number of nitrogens with one attached hydrogen (secondary N) is 3. The number of para-hydroxylation sites is 4. The van der Waals surface area contributed by atoms with Crippen molar-refractivity contribution in [2.45, 2.75) is 59.3 Å². The van der Waals surface area contributed by atoms with Crippen molar-refractivity contribution in [3.63, 3.8) is 0 Å². The number of hydrogen-bond donors (Lipinski definition) is 5. The van der Waals surface area contributed by atoms with E-state index in [1.54, 1.807) is 6.20 Å². The average molecular weight is 929 g/mol. The van der Waals surface area contributed by atoms with E-state index in [1.165, 1.54) is 0 Å². The Kier molecular flexibility index (Phi) is 19.5. The number of benzene rings is 4. The number of halogens is 3. The highest BCUT2D eigenvalue weighted by Crippen LogP contribution is 2.27. The summed E-state index contributed by atoms with van der Waals surface area (Å²) in [5.74, 6) is 4.56. The lowest BCUT2D eigenvalue weighted by Gasteiger charge is -2.14. The molecule has 14 heteroatoms. The van der Waals surface area contributed by atoms with Gasteiger partial charge in [-0.25, -0.2) is 24.9 Å². The minimum absolute atomic E-state index is 0. The molecule has 0 bridgehead atoms. The lowest BCUT2D eigenvalue weighted by Crippen LogP contribution is -3.00. The van der Waals surface area contributed by atoms with Crippen LogP contribution in [0, 0.1) is 0 Å². The molecule has 0 saturated carbocycles. The fourth-order valence-electron chi connectivity index (χ4n) is 5.10. The summed E-state index contributed by atoms with van der Waals surface area (Å²) in [6.07, 6.45) is 5.37. The molecule has 0 fully saturated rings. The maximum atomic E-state index is 5.47. The first-order chi connectivity index (χ1) is 27.5. The SMILES string of the molecule is CC(C)c1cnc(N)c(Br)n1.CC(C)c1cnc(Nc2ccccc2)c(Nc2ccccc2)n1.CC(C)c1cnc(Nc2ccccc2)c([NH2+]c2ccccc2)n1.F.[2HH].[Br-]. The summed E-state index contributed by atoms with van der Waals surface area (Å²) in [5.41, 5.74) is 12.4. The van der Waals surface area contributed by atoms with E-state index >= 15 is 0 Å². The van der Waals surface area contributed by atoms with E-state index in [1.807, 2.05) is 122 Å². The van der Waals surface area contributed by atoms with E-state index in [4.69, 9.17) is 15.7 Å². The van der Waals surface area contributed by atoms with Gasteiger partial charge < -0.3 is 38.7 Å². The molecule has 0 saturated heterocycles. The number of rotatable bonds is 11. The number of nitrogens with two attached hydrogens (primary N) is 2. The van der Waals surface area contributed by atoms with Crippen LogP contribution in [-0.2, 0) is 0 Å². The maximum Gasteiger partial charge on any atom is 0.273 e. The third-order valence-electron chi connectivity index (χ3n) is 8.37. The highest BCUT2D eigenvalue weighted by Gasteiger charge is 2.15. The van der Waals surface area contributed by atoms with Gasteiger partial charge in [0, 0.05) is 18.5 Å². The second-order valence-electron chi connectivity index (χ2n) is 14.0. The van der Waals surface area contributed by atoms with Crippen LogP contribution in [0.2, 0.25) is 0 Å². The third-order valence-corrected chi connectivity index (χ3v) is 8.95. The van der Waals surface area contributed by atoms with Crippen LogP contribution in [0.3, 0.4) is 0 Å². The molecule has 0 atom stereocenters. The van der Waals surface area contributed by atoms with Crippen molar-refractivity contribution in [1.82, 2.24) is 29.9 Å². The minimum atomic E-state index is 0. The Morgan fingerprint density at radius 1 is 0.508 bits per heavy atom. The molecule has 7 aromatic rings. The van der Waals surface area contributed by atoms with Gasteiger partial charge in [-0.1, -0.05) is 114 Å². The van der Waals surface area contributed by atoms with Gasteiger partial charge in [-0.3, -0.25) is 10.0 Å². The van der Waals surface area contributed by atoms with Crippen molar-refractivity contribution in [3.8, 4) is 0 Å². The van der Waals surface area contributed by atoms with E-state index in [0.29, 0.717) is 34.0 Å². The first-order valence-electron chi connectivity index (χ1n) is 18.9. The molecule has 310 valence electrons. The largest absolute Gasteiger partial charge is 1.00 e. The molecule has 4 aromatic carbocycles. The normalized spacial score (nSPS) is 10.3. The van der Waals surface area contributed by atoms with Crippen LogP contribution < -0.4 is 44.0 Å². The number of anilines is 7. The third kappa shape index (κ3) is 15.1. The van der Waals surface area contributed by atoms with Gasteiger partial charge in [0.2, 0.25) is 5.82 Å². The zero-order valence-electron chi connectivity index (χ0n) is 34.0. The van der Waals surface area contributed by atoms with E-state index in [0.717, 1.165) is 57.3 Å². The number of aromatic nitrogens is 6. The standard InChI is InChI=1S/2C19H20N4.C7H10BrN3.BrH.FH.H2/c2*1-14(2)17-13-20-18(21-15-9-5-3-6-10-15)19(23-17)22-16-11-7-4-8-12-16;1-4(2)5-3-10-7(9)6(8)11-5;;;/h2*3-14H,1-2H3,(H,20,21)(H,22,23);3-4H,1-2H3,(H2,9,10);3*1H/i;;;;;1+1. The minimum Gasteiger partial charge on any atom is -1.00 e. The fraction of sp³-hybridized carbons (Fsp3) is 0.200. The molecule has 0 radical (unpaired) electrons. The number of quaternary nitrogens is 1. The Morgan fingerprint density at radius 3 is 1.34 bits per heavy atom. The Balaban J connectivity index is 0.000000320. The molecule has 0 aliphatic carbocycles. The van der Waals surface area contributed by atoms with Gasteiger partial charge in [0.15, 0.2) is 17.5 Å². The highest BCUT2D eigenvalue weighted by molar-refractivity contribution is 9.10. The lowest BCUT2D eigenvalue weighted by atomic mass is 10.1. The van der Waals surface area contributed by atoms with E-state index in [9.17, 15) is 0 Å². The predicted molar refractivity (Wildman–Crippen MR) is 242 cm³/mol. The Hall–Kier alpha value is -5.83. The van der Waals surface area contributed by atoms with Crippen LogP contribution in [0.1, 0.15) is 77.8 Å². The van der Waals surface area contributed by atoms with Crippen molar-refractivity contribution in [3.05, 3.63) is 162 Å². The molecule has 0 spiro atoms. The molecular weight excluding hydrogens is 873 g/mol. The maximum absolute atomic E-state index is 5.47. The van der Waals surface area contributed by atoms with Crippen LogP contribution in [0.5, 0.6) is 0 Å². The molecule has 0 aliphatic rings. The fourth-order valence-corrected chi connectivity index (χ4v) is 5.41. The van der Waals surface area contributed by atoms with Crippen LogP contribution >= 0.6 is 15.9 Å². The van der Waals surface area contributed by atoms with E-state index in [2.05, 4.69) is 111 Å². The molecule has 59 heavy (non-hydrogen) atoms. The van der Waals surface area contributed by atoms with Crippen molar-refractivity contribution in [1.29, 1.82) is 0 Å². The molecule has 0 amide bonds. The summed E-state index contributed by atoms with van der Waals surface area (Å²) in [6.45, 7) is 12.6. The summed E-state index contributed by atoms with van der Waals surface area (Å²) < 4.78 is 0.628. The Morgan fingerprint density at radius 2 is 0.881 bits per heavy atom. The van der Waals surface area contributed by atoms with Gasteiger partial charge in [0.1, 0.15) is 10.3 Å². The van der Waals surface area contributed by atoms with E-state index < -0.39 is 0 Å². The molecule has 0 aliphatic heterocycles. The van der Waals surface area contributed by atoms with E-state index in [-0.39, 0.29) is 23.1 Å². The van der Waals surface area contributed by atoms with Gasteiger partial charge in [0.05, 0.1) is 35.7 Å². The summed E-state index contributed by atoms with van der Waals surface area (Å²) >= 11 is 3.22. The summed E-state index contributed by atoms with van der Waals surface area (Å²) in [7, 11) is 0. The van der Waals surface area contributed by atoms with Crippen LogP contribution in [0.15, 0.2) is 145 Å². The zero-order chi connectivity index (χ0) is 40.6. The van der Waals surface area contributed by atoms with Gasteiger partial charge in [-0.05, 0) is 82.2 Å². The van der Waals surface area contributed by atoms with Crippen LogP contribution in [0.4, 0.5) is 56.5 Å². The first kappa shape index (κ1) is 47.5. The Bertz CT molecular complexity index is 2140. The van der Waals surface area contributed by atoms with Gasteiger partial charge >= 0.3 is 0 Å². The average Bonchev–Trinajstić information content (AvgIpc) is 3.22. The molecule has 7 rings (SSSR count). The smallest absolute Gasteiger partial charge is 0.273 e. The monoisotopic (exact) mass is 926 g/mol. The van der Waals surface area contributed by atoms with Crippen molar-refractivity contribution >= 4 is 67.8 Å². The number of hydrogen-bond acceptors (Lipinski definition) is 10. The summed E-state index contributed by atoms with van der Waals surface area (Å²) in [6, 6.07) is 40.2. The van der Waals surface area contributed by atoms with Gasteiger partial charge in [0.25, 0.3) is 5.82 Å². The number of nitrogen functional groups attached to an aromatic ring is 1. The Labute approximate surface area is 367 Å². The molecule has 0 unspecified atom stereocenters. The molecule has 7 N–H and O–H groups in total. The van der Waals surface area contributed by atoms with Gasteiger partial charge in [-0.2, -0.15) is 4.98 Å². The van der Waals surface area contributed by atoms with Crippen LogP contribution in [-0.4, -0.2) is 29.9 Å². The van der Waals surface area contributed by atoms with Crippen molar-refractivity contribution in [2.75, 3.05) is 21.7 Å². The number of nitrogens with zero attached hydrogens (tertiary/aromatic N) is 6. The highest BCUT2D eigenvalue weighted by atomic mass is 79.9.